The molecule has 1 aromatic carbocycles. The Bertz CT molecular complexity index is 665. The summed E-state index contributed by atoms with van der Waals surface area (Å²) < 4.78 is 5.70. The molecule has 1 heterocycles. The Hall–Kier alpha value is -1.75. The molecular formula is C18H24N2O2S. The minimum atomic E-state index is -0.0751. The monoisotopic (exact) mass is 332 g/mol. The van der Waals surface area contributed by atoms with E-state index in [4.69, 9.17) is 4.74 Å². The Morgan fingerprint density at radius 1 is 1.22 bits per heavy atom. The number of hydrogen-bond acceptors (Lipinski definition) is 4. The van der Waals surface area contributed by atoms with Crippen LogP contribution < -0.4 is 10.3 Å². The lowest BCUT2D eigenvalue weighted by atomic mass is 10.1. The predicted octanol–water partition coefficient (Wildman–Crippen LogP) is 4.15. The van der Waals surface area contributed by atoms with E-state index < -0.39 is 0 Å². The van der Waals surface area contributed by atoms with Crippen LogP contribution >= 0.6 is 11.8 Å². The van der Waals surface area contributed by atoms with Crippen LogP contribution in [0, 0.1) is 6.92 Å². The van der Waals surface area contributed by atoms with Crippen molar-refractivity contribution in [2.45, 2.75) is 44.7 Å². The highest BCUT2D eigenvalue weighted by atomic mass is 32.2. The van der Waals surface area contributed by atoms with Gasteiger partial charge in [-0.25, -0.2) is 4.98 Å². The molecule has 0 amide bonds. The van der Waals surface area contributed by atoms with E-state index in [1.54, 1.807) is 17.8 Å². The first-order valence-electron chi connectivity index (χ1n) is 7.98. The first kappa shape index (κ1) is 17.6. The number of aromatic nitrogens is 2. The molecule has 0 radical (unpaired) electrons. The van der Waals surface area contributed by atoms with E-state index >= 15 is 0 Å². The maximum atomic E-state index is 11.6. The molecule has 4 nitrogen and oxygen atoms in total. The van der Waals surface area contributed by atoms with Gasteiger partial charge in [-0.3, -0.25) is 4.79 Å². The number of aryl methyl sites for hydroxylation is 1. The van der Waals surface area contributed by atoms with Crippen molar-refractivity contribution in [1.29, 1.82) is 0 Å². The number of benzene rings is 1. The fourth-order valence-corrected chi connectivity index (χ4v) is 2.90. The molecule has 0 saturated heterocycles. The zero-order valence-corrected chi connectivity index (χ0v) is 14.8. The molecule has 0 fully saturated rings. The van der Waals surface area contributed by atoms with E-state index in [2.05, 4.69) is 29.0 Å². The number of aromatic amines is 1. The average molecular weight is 332 g/mol. The van der Waals surface area contributed by atoms with Crippen molar-refractivity contribution >= 4 is 11.8 Å². The molecule has 0 unspecified atom stereocenters. The van der Waals surface area contributed by atoms with Gasteiger partial charge >= 0.3 is 0 Å². The molecule has 0 spiro atoms. The molecule has 0 aliphatic heterocycles. The first-order valence-corrected chi connectivity index (χ1v) is 8.96. The smallest absolute Gasteiger partial charge is 0.251 e. The Balaban J connectivity index is 1.69. The summed E-state index contributed by atoms with van der Waals surface area (Å²) >= 11 is 1.59. The van der Waals surface area contributed by atoms with Crippen LogP contribution in [0.3, 0.4) is 0 Å². The predicted molar refractivity (Wildman–Crippen MR) is 95.6 cm³/mol. The minimum Gasteiger partial charge on any atom is -0.494 e. The SMILES string of the molecule is Cc1ccc(OCCCCSc2nc(C(C)C)cc(=O)[nH]2)cc1. The summed E-state index contributed by atoms with van der Waals surface area (Å²) in [5, 5.41) is 0.709. The fraction of sp³-hybridized carbons (Fsp3) is 0.444. The van der Waals surface area contributed by atoms with Gasteiger partial charge in [0.05, 0.1) is 12.3 Å². The molecule has 1 N–H and O–H groups in total. The van der Waals surface area contributed by atoms with Gasteiger partial charge in [-0.2, -0.15) is 0 Å². The van der Waals surface area contributed by atoms with Crippen molar-refractivity contribution in [3.05, 3.63) is 51.9 Å². The first-order chi connectivity index (χ1) is 11.0. The summed E-state index contributed by atoms with van der Waals surface area (Å²) in [6.07, 6.45) is 2.00. The number of ether oxygens (including phenoxy) is 1. The molecule has 23 heavy (non-hydrogen) atoms. The third-order valence-electron chi connectivity index (χ3n) is 3.40. The Labute approximate surface area is 141 Å². The number of rotatable bonds is 8. The standard InChI is InChI=1S/C18H24N2O2S/c1-13(2)16-12-17(21)20-18(19-16)23-11-5-4-10-22-15-8-6-14(3)7-9-15/h6-9,12-13H,4-5,10-11H2,1-3H3,(H,19,20,21). The summed E-state index contributed by atoms with van der Waals surface area (Å²) in [5.41, 5.74) is 2.01. The van der Waals surface area contributed by atoms with Gasteiger partial charge in [0.1, 0.15) is 5.75 Å². The van der Waals surface area contributed by atoms with Crippen LogP contribution in [0.15, 0.2) is 40.3 Å². The summed E-state index contributed by atoms with van der Waals surface area (Å²) in [4.78, 5) is 18.9. The summed E-state index contributed by atoms with van der Waals surface area (Å²) in [6, 6.07) is 9.67. The van der Waals surface area contributed by atoms with Crippen molar-refractivity contribution in [2.24, 2.45) is 0 Å². The van der Waals surface area contributed by atoms with Crippen molar-refractivity contribution in [1.82, 2.24) is 9.97 Å². The van der Waals surface area contributed by atoms with Crippen molar-refractivity contribution in [2.75, 3.05) is 12.4 Å². The number of hydrogen-bond donors (Lipinski definition) is 1. The number of H-pyrrole nitrogens is 1. The Morgan fingerprint density at radius 2 is 1.96 bits per heavy atom. The molecule has 2 aromatic rings. The lowest BCUT2D eigenvalue weighted by molar-refractivity contribution is 0.310. The minimum absolute atomic E-state index is 0.0751. The number of nitrogens with zero attached hydrogens (tertiary/aromatic N) is 1. The average Bonchev–Trinajstić information content (AvgIpc) is 2.52. The molecule has 0 saturated carbocycles. The van der Waals surface area contributed by atoms with E-state index in [0.717, 1.165) is 30.0 Å². The third-order valence-corrected chi connectivity index (χ3v) is 4.36. The lowest BCUT2D eigenvalue weighted by Crippen LogP contribution is -2.11. The van der Waals surface area contributed by atoms with E-state index in [1.807, 2.05) is 26.0 Å². The van der Waals surface area contributed by atoms with Crippen LogP contribution in [0.5, 0.6) is 5.75 Å². The normalized spacial score (nSPS) is 11.0. The van der Waals surface area contributed by atoms with Gasteiger partial charge in [0.2, 0.25) is 0 Å². The zero-order chi connectivity index (χ0) is 16.7. The van der Waals surface area contributed by atoms with Crippen LogP contribution in [0.1, 0.15) is 43.9 Å². The third kappa shape index (κ3) is 6.10. The molecule has 1 aromatic heterocycles. The molecule has 0 aliphatic rings. The van der Waals surface area contributed by atoms with Crippen molar-refractivity contribution < 1.29 is 4.74 Å². The fourth-order valence-electron chi connectivity index (χ4n) is 2.01. The van der Waals surface area contributed by atoms with Gasteiger partial charge in [-0.15, -0.1) is 0 Å². The van der Waals surface area contributed by atoms with Gasteiger partial charge in [0.15, 0.2) is 5.16 Å². The molecule has 2 rings (SSSR count). The van der Waals surface area contributed by atoms with Crippen molar-refractivity contribution in [3.63, 3.8) is 0 Å². The number of nitrogens with one attached hydrogen (secondary N) is 1. The van der Waals surface area contributed by atoms with Gasteiger partial charge in [0.25, 0.3) is 5.56 Å². The maximum absolute atomic E-state index is 11.6. The largest absolute Gasteiger partial charge is 0.494 e. The van der Waals surface area contributed by atoms with E-state index in [-0.39, 0.29) is 11.5 Å². The van der Waals surface area contributed by atoms with Crippen LogP contribution in [-0.2, 0) is 0 Å². The summed E-state index contributed by atoms with van der Waals surface area (Å²) in [6.45, 7) is 6.85. The summed E-state index contributed by atoms with van der Waals surface area (Å²) in [7, 11) is 0. The number of unbranched alkanes of at least 4 members (excludes halogenated alkanes) is 1. The second kappa shape index (κ2) is 8.77. The van der Waals surface area contributed by atoms with Gasteiger partial charge in [0, 0.05) is 11.8 Å². The second-order valence-corrected chi connectivity index (χ2v) is 6.93. The highest BCUT2D eigenvalue weighted by molar-refractivity contribution is 7.99. The summed E-state index contributed by atoms with van der Waals surface area (Å²) in [5.74, 6) is 2.10. The van der Waals surface area contributed by atoms with Gasteiger partial charge < -0.3 is 9.72 Å². The van der Waals surface area contributed by atoms with E-state index in [9.17, 15) is 4.79 Å². The van der Waals surface area contributed by atoms with Crippen LogP contribution in [0.25, 0.3) is 0 Å². The molecule has 0 aliphatic carbocycles. The Kier molecular flexibility index (Phi) is 6.71. The second-order valence-electron chi connectivity index (χ2n) is 5.85. The van der Waals surface area contributed by atoms with Crippen LogP contribution in [0.4, 0.5) is 0 Å². The molecule has 124 valence electrons. The zero-order valence-electron chi connectivity index (χ0n) is 14.0. The number of thioether (sulfide) groups is 1. The maximum Gasteiger partial charge on any atom is 0.251 e. The van der Waals surface area contributed by atoms with E-state index in [0.29, 0.717) is 11.8 Å². The Morgan fingerprint density at radius 3 is 2.65 bits per heavy atom. The molecular weight excluding hydrogens is 308 g/mol. The lowest BCUT2D eigenvalue weighted by Gasteiger charge is -2.07. The van der Waals surface area contributed by atoms with Gasteiger partial charge in [-0.1, -0.05) is 43.3 Å². The topological polar surface area (TPSA) is 55.0 Å². The van der Waals surface area contributed by atoms with Crippen LogP contribution in [-0.4, -0.2) is 22.3 Å². The quantitative estimate of drug-likeness (QED) is 0.448. The van der Waals surface area contributed by atoms with E-state index in [1.165, 1.54) is 5.56 Å². The highest BCUT2D eigenvalue weighted by Gasteiger charge is 2.05. The van der Waals surface area contributed by atoms with Gasteiger partial charge in [-0.05, 0) is 37.8 Å². The van der Waals surface area contributed by atoms with Crippen LogP contribution in [0.2, 0.25) is 0 Å². The molecule has 0 atom stereocenters. The highest BCUT2D eigenvalue weighted by Crippen LogP contribution is 2.17. The molecule has 0 bridgehead atoms. The van der Waals surface area contributed by atoms with Crippen molar-refractivity contribution in [3.8, 4) is 5.75 Å². The molecule has 5 heteroatoms.